The van der Waals surface area contributed by atoms with Gasteiger partial charge < -0.3 is 4.98 Å². The van der Waals surface area contributed by atoms with Crippen LogP contribution in [0.3, 0.4) is 0 Å². The number of nitrogens with one attached hydrogen (secondary N) is 2. The van der Waals surface area contributed by atoms with Crippen molar-refractivity contribution >= 4 is 34.2 Å². The van der Waals surface area contributed by atoms with Gasteiger partial charge in [0.15, 0.2) is 5.84 Å². The topological polar surface area (TPSA) is 121 Å². The summed E-state index contributed by atoms with van der Waals surface area (Å²) in [6.45, 7) is 1.67. The molecule has 0 fully saturated rings. The zero-order valence-corrected chi connectivity index (χ0v) is 12.7. The molecular weight excluding hydrogens is 310 g/mol. The van der Waals surface area contributed by atoms with Gasteiger partial charge in [-0.05, 0) is 31.2 Å². The number of rotatable bonds is 4. The highest BCUT2D eigenvalue weighted by Gasteiger charge is 2.03. The number of amidine groups is 1. The fourth-order valence-corrected chi connectivity index (χ4v) is 1.93. The van der Waals surface area contributed by atoms with Gasteiger partial charge in [-0.3, -0.25) is 15.5 Å². The van der Waals surface area contributed by atoms with E-state index in [2.05, 4.69) is 30.7 Å². The SMILES string of the molecule is CC(N=Nc1nc2ccccc2[nH]1)=NNc1ccc([N+](=O)[O-])cc1. The lowest BCUT2D eigenvalue weighted by Gasteiger charge is -1.99. The molecule has 0 amide bonds. The minimum absolute atomic E-state index is 0.0193. The second kappa shape index (κ2) is 6.65. The number of anilines is 1. The van der Waals surface area contributed by atoms with Crippen molar-refractivity contribution in [1.29, 1.82) is 0 Å². The molecule has 2 aromatic carbocycles. The number of non-ortho nitro benzene ring substituents is 1. The van der Waals surface area contributed by atoms with Gasteiger partial charge in [0, 0.05) is 12.1 Å². The number of para-hydroxylation sites is 2. The maximum absolute atomic E-state index is 10.6. The van der Waals surface area contributed by atoms with Crippen LogP contribution in [0.15, 0.2) is 63.9 Å². The summed E-state index contributed by atoms with van der Waals surface area (Å²) in [5.41, 5.74) is 5.07. The van der Waals surface area contributed by atoms with E-state index in [0.29, 0.717) is 17.5 Å². The third-order valence-electron chi connectivity index (χ3n) is 3.09. The summed E-state index contributed by atoms with van der Waals surface area (Å²) < 4.78 is 0. The molecule has 0 spiro atoms. The molecule has 0 aliphatic rings. The lowest BCUT2D eigenvalue weighted by molar-refractivity contribution is -0.384. The third kappa shape index (κ3) is 3.58. The number of aromatic amines is 1. The average Bonchev–Trinajstić information content (AvgIpc) is 3.01. The summed E-state index contributed by atoms with van der Waals surface area (Å²) in [5.74, 6) is 0.773. The van der Waals surface area contributed by atoms with Gasteiger partial charge in [0.2, 0.25) is 5.95 Å². The van der Waals surface area contributed by atoms with Crippen molar-refractivity contribution in [1.82, 2.24) is 9.97 Å². The molecular formula is C15H13N7O2. The Bertz CT molecular complexity index is 895. The van der Waals surface area contributed by atoms with E-state index in [1.807, 2.05) is 24.3 Å². The number of hydrazone groups is 1. The summed E-state index contributed by atoms with van der Waals surface area (Å²) in [5, 5.41) is 22.6. The third-order valence-corrected chi connectivity index (χ3v) is 3.09. The Morgan fingerprint density at radius 1 is 1.21 bits per heavy atom. The Balaban J connectivity index is 1.66. The van der Waals surface area contributed by atoms with E-state index >= 15 is 0 Å². The number of benzene rings is 2. The molecule has 0 bridgehead atoms. The molecule has 0 saturated heterocycles. The van der Waals surface area contributed by atoms with Crippen LogP contribution < -0.4 is 5.43 Å². The molecule has 9 heteroatoms. The molecule has 3 rings (SSSR count). The molecule has 0 radical (unpaired) electrons. The minimum atomic E-state index is -0.458. The minimum Gasteiger partial charge on any atom is -0.321 e. The van der Waals surface area contributed by atoms with Crippen LogP contribution in [0.4, 0.5) is 17.3 Å². The number of H-pyrrole nitrogens is 1. The van der Waals surface area contributed by atoms with E-state index in [0.717, 1.165) is 11.0 Å². The van der Waals surface area contributed by atoms with Gasteiger partial charge in [-0.25, -0.2) is 4.98 Å². The van der Waals surface area contributed by atoms with Crippen LogP contribution in [0, 0.1) is 10.1 Å². The number of nitro benzene ring substituents is 1. The molecule has 0 aliphatic heterocycles. The zero-order valence-electron chi connectivity index (χ0n) is 12.7. The fraction of sp³-hybridized carbons (Fsp3) is 0.0667. The molecule has 9 nitrogen and oxygen atoms in total. The summed E-state index contributed by atoms with van der Waals surface area (Å²) >= 11 is 0. The highest BCUT2D eigenvalue weighted by atomic mass is 16.6. The van der Waals surface area contributed by atoms with Gasteiger partial charge in [-0.2, -0.15) is 5.10 Å². The van der Waals surface area contributed by atoms with Crippen LogP contribution in [0.2, 0.25) is 0 Å². The smallest absolute Gasteiger partial charge is 0.269 e. The Morgan fingerprint density at radius 3 is 2.67 bits per heavy atom. The van der Waals surface area contributed by atoms with Gasteiger partial charge in [0.05, 0.1) is 21.6 Å². The number of hydrogen-bond donors (Lipinski definition) is 2. The molecule has 24 heavy (non-hydrogen) atoms. The fourth-order valence-electron chi connectivity index (χ4n) is 1.93. The number of nitro groups is 1. The number of hydrogen-bond acceptors (Lipinski definition) is 6. The first kappa shape index (κ1) is 15.3. The summed E-state index contributed by atoms with van der Waals surface area (Å²) in [7, 11) is 0. The van der Waals surface area contributed by atoms with Crippen LogP contribution in [0.25, 0.3) is 11.0 Å². The van der Waals surface area contributed by atoms with E-state index < -0.39 is 4.92 Å². The van der Waals surface area contributed by atoms with Crippen molar-refractivity contribution < 1.29 is 4.92 Å². The highest BCUT2D eigenvalue weighted by Crippen LogP contribution is 2.16. The van der Waals surface area contributed by atoms with E-state index in [1.165, 1.54) is 12.1 Å². The van der Waals surface area contributed by atoms with Crippen LogP contribution >= 0.6 is 0 Å². The van der Waals surface area contributed by atoms with E-state index in [9.17, 15) is 10.1 Å². The maximum Gasteiger partial charge on any atom is 0.269 e. The number of azo groups is 1. The predicted octanol–water partition coefficient (Wildman–Crippen LogP) is 4.00. The van der Waals surface area contributed by atoms with Crippen LogP contribution in [-0.4, -0.2) is 20.7 Å². The summed E-state index contributed by atoms with van der Waals surface area (Å²) in [4.78, 5) is 17.4. The summed E-state index contributed by atoms with van der Waals surface area (Å²) in [6.07, 6.45) is 0. The molecule has 2 N–H and O–H groups in total. The van der Waals surface area contributed by atoms with E-state index in [-0.39, 0.29) is 5.69 Å². The molecule has 0 atom stereocenters. The average molecular weight is 323 g/mol. The van der Waals surface area contributed by atoms with Crippen molar-refractivity contribution in [3.8, 4) is 0 Å². The molecule has 0 saturated carbocycles. The maximum atomic E-state index is 10.6. The second-order valence-electron chi connectivity index (χ2n) is 4.85. The number of imidazole rings is 1. The van der Waals surface area contributed by atoms with Gasteiger partial charge in [0.1, 0.15) is 0 Å². The number of fused-ring (bicyclic) bond motifs is 1. The predicted molar refractivity (Wildman–Crippen MR) is 90.4 cm³/mol. The van der Waals surface area contributed by atoms with Crippen molar-refractivity contribution in [2.75, 3.05) is 5.43 Å². The normalized spacial score (nSPS) is 12.0. The number of nitrogens with zero attached hydrogens (tertiary/aromatic N) is 5. The molecule has 0 unspecified atom stereocenters. The van der Waals surface area contributed by atoms with Crippen molar-refractivity contribution in [3.05, 3.63) is 58.6 Å². The monoisotopic (exact) mass is 323 g/mol. The molecule has 1 aromatic heterocycles. The van der Waals surface area contributed by atoms with E-state index in [4.69, 9.17) is 0 Å². The van der Waals surface area contributed by atoms with Gasteiger partial charge >= 0.3 is 0 Å². The lowest BCUT2D eigenvalue weighted by Crippen LogP contribution is -1.94. The summed E-state index contributed by atoms with van der Waals surface area (Å²) in [6, 6.07) is 13.5. The first-order chi connectivity index (χ1) is 11.6. The number of aromatic nitrogens is 2. The molecule has 1 heterocycles. The molecule has 3 aromatic rings. The molecule has 0 aliphatic carbocycles. The Kier molecular flexibility index (Phi) is 4.23. The Hall–Kier alpha value is -3.62. The standard InChI is InChI=1S/C15H13N7O2/c1-10(18-20-11-6-8-12(9-7-11)22(23)24)19-21-15-16-13-4-2-3-5-14(13)17-15/h2-9,20H,1H3,(H,16,17). The Morgan fingerprint density at radius 2 is 1.96 bits per heavy atom. The van der Waals surface area contributed by atoms with Crippen molar-refractivity contribution in [2.45, 2.75) is 6.92 Å². The first-order valence-electron chi connectivity index (χ1n) is 7.03. The largest absolute Gasteiger partial charge is 0.321 e. The Labute approximate surface area is 136 Å². The van der Waals surface area contributed by atoms with Gasteiger partial charge in [0.25, 0.3) is 5.69 Å². The van der Waals surface area contributed by atoms with Gasteiger partial charge in [-0.1, -0.05) is 12.1 Å². The van der Waals surface area contributed by atoms with Crippen molar-refractivity contribution in [3.63, 3.8) is 0 Å². The van der Waals surface area contributed by atoms with E-state index in [1.54, 1.807) is 19.1 Å². The first-order valence-corrected chi connectivity index (χ1v) is 7.03. The lowest BCUT2D eigenvalue weighted by atomic mass is 10.3. The molecule has 120 valence electrons. The van der Waals surface area contributed by atoms with Crippen LogP contribution in [0.1, 0.15) is 6.92 Å². The second-order valence-corrected chi connectivity index (χ2v) is 4.85. The van der Waals surface area contributed by atoms with Crippen molar-refractivity contribution in [2.24, 2.45) is 15.3 Å². The van der Waals surface area contributed by atoms with Gasteiger partial charge in [-0.15, -0.1) is 10.2 Å². The van der Waals surface area contributed by atoms with Crippen LogP contribution in [-0.2, 0) is 0 Å². The zero-order chi connectivity index (χ0) is 16.9. The van der Waals surface area contributed by atoms with Crippen LogP contribution in [0.5, 0.6) is 0 Å². The highest BCUT2D eigenvalue weighted by molar-refractivity contribution is 5.81. The quantitative estimate of drug-likeness (QED) is 0.248.